The van der Waals surface area contributed by atoms with Crippen molar-refractivity contribution in [1.29, 1.82) is 5.26 Å². The molecule has 76 valence electrons. The van der Waals surface area contributed by atoms with Crippen LogP contribution in [0.5, 0.6) is 0 Å². The van der Waals surface area contributed by atoms with Crippen molar-refractivity contribution in [3.63, 3.8) is 0 Å². The fraction of sp³-hybridized carbons (Fsp3) is 0.125. The largest absolute Gasteiger partial charge is 0.369 e. The lowest BCUT2D eigenvalue weighted by Gasteiger charge is -2.05. The predicted octanol–water partition coefficient (Wildman–Crippen LogP) is 2.93. The minimum Gasteiger partial charge on any atom is -0.369 e. The molecule has 0 aliphatic carbocycles. The third kappa shape index (κ3) is 1.84. The van der Waals surface area contributed by atoms with Crippen LogP contribution in [0.3, 0.4) is 0 Å². The van der Waals surface area contributed by atoms with Crippen molar-refractivity contribution in [2.75, 3.05) is 11.9 Å². The van der Waals surface area contributed by atoms with Gasteiger partial charge in [-0.05, 0) is 6.07 Å². The van der Waals surface area contributed by atoms with Crippen LogP contribution in [0.1, 0.15) is 0 Å². The summed E-state index contributed by atoms with van der Waals surface area (Å²) < 4.78 is 8.13. The van der Waals surface area contributed by atoms with Gasteiger partial charge in [-0.3, -0.25) is 0 Å². The van der Waals surface area contributed by atoms with E-state index in [9.17, 15) is 0 Å². The monoisotopic (exact) mass is 258 g/mol. The average Bonchev–Trinajstić information content (AvgIpc) is 2.66. The van der Waals surface area contributed by atoms with Gasteiger partial charge in [0.05, 0.1) is 33.5 Å². The van der Waals surface area contributed by atoms with E-state index >= 15 is 0 Å². The molecule has 4 nitrogen and oxygen atoms in total. The second-order valence-corrected chi connectivity index (χ2v) is 4.03. The Kier molecular flexibility index (Phi) is 2.91. The minimum atomic E-state index is 0.161. The number of aromatic nitrogens is 2. The first-order valence-electron chi connectivity index (χ1n) is 3.95. The van der Waals surface area contributed by atoms with E-state index in [0.29, 0.717) is 26.8 Å². The molecule has 0 saturated carbocycles. The summed E-state index contributed by atoms with van der Waals surface area (Å²) in [6.07, 6.45) is 0. The number of rotatable bonds is 2. The fourth-order valence-corrected chi connectivity index (χ4v) is 2.35. The molecule has 0 fully saturated rings. The van der Waals surface area contributed by atoms with E-state index in [2.05, 4.69) is 14.1 Å². The molecule has 1 N–H and O–H groups in total. The van der Waals surface area contributed by atoms with Gasteiger partial charge < -0.3 is 5.32 Å². The third-order valence-electron chi connectivity index (χ3n) is 1.79. The Labute approximate surface area is 99.8 Å². The molecular formula is C8H4Cl2N4S. The molecule has 2 rings (SSSR count). The van der Waals surface area contributed by atoms with E-state index in [1.54, 1.807) is 6.07 Å². The number of halogens is 2. The van der Waals surface area contributed by atoms with Gasteiger partial charge in [0.2, 0.25) is 0 Å². The number of benzene rings is 1. The molecule has 0 atom stereocenters. The Hall–Kier alpha value is -1.09. The van der Waals surface area contributed by atoms with Crippen LogP contribution in [0.15, 0.2) is 6.07 Å². The van der Waals surface area contributed by atoms with Gasteiger partial charge in [-0.1, -0.05) is 23.2 Å². The summed E-state index contributed by atoms with van der Waals surface area (Å²) in [5, 5.41) is 12.3. The topological polar surface area (TPSA) is 61.6 Å². The number of nitrogens with zero attached hydrogens (tertiary/aromatic N) is 3. The highest BCUT2D eigenvalue weighted by atomic mass is 35.5. The second-order valence-electron chi connectivity index (χ2n) is 2.69. The molecular weight excluding hydrogens is 255 g/mol. The van der Waals surface area contributed by atoms with Crippen LogP contribution in [0.25, 0.3) is 11.0 Å². The quantitative estimate of drug-likeness (QED) is 0.842. The molecule has 0 saturated heterocycles. The number of hydrogen-bond donors (Lipinski definition) is 1. The molecule has 1 aromatic carbocycles. The lowest BCUT2D eigenvalue weighted by atomic mass is 10.2. The van der Waals surface area contributed by atoms with Crippen LogP contribution in [-0.4, -0.2) is 15.3 Å². The zero-order valence-electron chi connectivity index (χ0n) is 7.29. The van der Waals surface area contributed by atoms with Crippen molar-refractivity contribution in [3.8, 4) is 6.07 Å². The normalized spacial score (nSPS) is 10.2. The molecule has 0 radical (unpaired) electrons. The number of nitriles is 1. The highest BCUT2D eigenvalue weighted by Crippen LogP contribution is 2.34. The van der Waals surface area contributed by atoms with E-state index in [1.165, 1.54) is 0 Å². The first kappa shape index (κ1) is 10.4. The Balaban J connectivity index is 2.61. The Morgan fingerprint density at radius 1 is 1.33 bits per heavy atom. The standard InChI is InChI=1S/C8H4Cl2N4S/c9-4-3-5(10)7-8(14-15-13-7)6(4)12-2-1-11/h3,12H,2H2. The van der Waals surface area contributed by atoms with Crippen LogP contribution < -0.4 is 5.32 Å². The van der Waals surface area contributed by atoms with Crippen molar-refractivity contribution in [3.05, 3.63) is 16.1 Å². The van der Waals surface area contributed by atoms with Crippen molar-refractivity contribution >= 4 is 51.7 Å². The first-order valence-corrected chi connectivity index (χ1v) is 5.43. The zero-order chi connectivity index (χ0) is 10.8. The summed E-state index contributed by atoms with van der Waals surface area (Å²) in [5.74, 6) is 0. The maximum Gasteiger partial charge on any atom is 0.130 e. The molecule has 0 aliphatic rings. The number of fused-ring (bicyclic) bond motifs is 1. The molecule has 15 heavy (non-hydrogen) atoms. The molecule has 0 spiro atoms. The Morgan fingerprint density at radius 3 is 2.80 bits per heavy atom. The maximum absolute atomic E-state index is 8.48. The minimum absolute atomic E-state index is 0.161. The van der Waals surface area contributed by atoms with Gasteiger partial charge in [-0.25, -0.2) is 0 Å². The molecule has 1 heterocycles. The average molecular weight is 259 g/mol. The molecule has 1 aromatic heterocycles. The summed E-state index contributed by atoms with van der Waals surface area (Å²) in [6, 6.07) is 3.56. The van der Waals surface area contributed by atoms with Crippen LogP contribution >= 0.6 is 34.9 Å². The highest BCUT2D eigenvalue weighted by Gasteiger charge is 2.13. The maximum atomic E-state index is 8.48. The van der Waals surface area contributed by atoms with Crippen molar-refractivity contribution in [2.45, 2.75) is 0 Å². The molecule has 0 unspecified atom stereocenters. The molecule has 0 aliphatic heterocycles. The number of nitrogens with one attached hydrogen (secondary N) is 1. The lowest BCUT2D eigenvalue weighted by Crippen LogP contribution is -2.00. The van der Waals surface area contributed by atoms with E-state index in [4.69, 9.17) is 28.5 Å². The van der Waals surface area contributed by atoms with Crippen LogP contribution in [0, 0.1) is 11.3 Å². The van der Waals surface area contributed by atoms with Crippen molar-refractivity contribution in [1.82, 2.24) is 8.75 Å². The van der Waals surface area contributed by atoms with Crippen LogP contribution in [0.4, 0.5) is 5.69 Å². The second kappa shape index (κ2) is 4.19. The summed E-state index contributed by atoms with van der Waals surface area (Å²) in [5.41, 5.74) is 1.81. The summed E-state index contributed by atoms with van der Waals surface area (Å²) >= 11 is 13.0. The van der Waals surface area contributed by atoms with Gasteiger partial charge in [-0.2, -0.15) is 14.0 Å². The molecule has 0 amide bonds. The van der Waals surface area contributed by atoms with E-state index in [0.717, 1.165) is 11.7 Å². The van der Waals surface area contributed by atoms with Gasteiger partial charge >= 0.3 is 0 Å². The van der Waals surface area contributed by atoms with Gasteiger partial charge in [0.15, 0.2) is 0 Å². The molecule has 7 heteroatoms. The molecule has 2 aromatic rings. The summed E-state index contributed by atoms with van der Waals surface area (Å²) in [6.45, 7) is 0.161. The predicted molar refractivity (Wildman–Crippen MR) is 61.5 cm³/mol. The fourth-order valence-electron chi connectivity index (χ4n) is 1.17. The molecule has 0 bridgehead atoms. The lowest BCUT2D eigenvalue weighted by molar-refractivity contribution is 1.32. The smallest absolute Gasteiger partial charge is 0.130 e. The van der Waals surface area contributed by atoms with Gasteiger partial charge in [0.25, 0.3) is 0 Å². The van der Waals surface area contributed by atoms with Gasteiger partial charge in [0.1, 0.15) is 17.6 Å². The van der Waals surface area contributed by atoms with Crippen LogP contribution in [-0.2, 0) is 0 Å². The number of hydrogen-bond acceptors (Lipinski definition) is 5. The van der Waals surface area contributed by atoms with Gasteiger partial charge in [0, 0.05) is 0 Å². The van der Waals surface area contributed by atoms with E-state index in [-0.39, 0.29) is 6.54 Å². The first-order chi connectivity index (χ1) is 7.24. The Morgan fingerprint density at radius 2 is 2.07 bits per heavy atom. The van der Waals surface area contributed by atoms with E-state index in [1.807, 2.05) is 6.07 Å². The summed E-state index contributed by atoms with van der Waals surface area (Å²) in [7, 11) is 0. The highest BCUT2D eigenvalue weighted by molar-refractivity contribution is 7.00. The van der Waals surface area contributed by atoms with Crippen molar-refractivity contribution in [2.24, 2.45) is 0 Å². The third-order valence-corrected chi connectivity index (χ3v) is 2.90. The Bertz CT molecular complexity index is 545. The van der Waals surface area contributed by atoms with Crippen LogP contribution in [0.2, 0.25) is 10.0 Å². The number of anilines is 1. The SMILES string of the molecule is N#CCNc1c(Cl)cc(Cl)c2nsnc12. The van der Waals surface area contributed by atoms with Crippen molar-refractivity contribution < 1.29 is 0 Å². The summed E-state index contributed by atoms with van der Waals surface area (Å²) in [4.78, 5) is 0. The van der Waals surface area contributed by atoms with E-state index < -0.39 is 0 Å². The zero-order valence-corrected chi connectivity index (χ0v) is 9.62. The van der Waals surface area contributed by atoms with Gasteiger partial charge in [-0.15, -0.1) is 0 Å².